The monoisotopic (exact) mass is 200 g/mol. The molecule has 0 aliphatic carbocycles. The Balaban J connectivity index is 2.37. The zero-order valence-electron chi connectivity index (χ0n) is 7.94. The summed E-state index contributed by atoms with van der Waals surface area (Å²) in [5.74, 6) is 0. The van der Waals surface area contributed by atoms with E-state index in [9.17, 15) is 0 Å². The van der Waals surface area contributed by atoms with Crippen molar-refractivity contribution in [3.05, 3.63) is 16.6 Å². The van der Waals surface area contributed by atoms with Gasteiger partial charge < -0.3 is 5.11 Å². The molecular weight excluding hydrogens is 184 g/mol. The molecule has 0 radical (unpaired) electrons. The van der Waals surface area contributed by atoms with E-state index in [0.717, 1.165) is 31.1 Å². The van der Waals surface area contributed by atoms with Crippen LogP contribution in [0, 0.1) is 0 Å². The average molecular weight is 200 g/mol. The highest BCUT2D eigenvalue weighted by atomic mass is 32.1. The molecule has 1 rings (SSSR count). The van der Waals surface area contributed by atoms with Crippen LogP contribution in [0.2, 0.25) is 0 Å². The van der Waals surface area contributed by atoms with Crippen LogP contribution in [0.15, 0.2) is 11.6 Å². The SMILES string of the molecule is CCCN(CCO)Cc1nccs1. The van der Waals surface area contributed by atoms with E-state index in [0.29, 0.717) is 0 Å². The molecule has 0 spiro atoms. The molecule has 0 aliphatic rings. The molecule has 0 bridgehead atoms. The third kappa shape index (κ3) is 3.85. The minimum absolute atomic E-state index is 0.228. The normalized spacial score (nSPS) is 11.0. The maximum atomic E-state index is 8.83. The summed E-state index contributed by atoms with van der Waals surface area (Å²) in [6.07, 6.45) is 2.94. The number of rotatable bonds is 6. The van der Waals surface area contributed by atoms with Crippen molar-refractivity contribution in [2.24, 2.45) is 0 Å². The van der Waals surface area contributed by atoms with E-state index in [1.165, 1.54) is 0 Å². The van der Waals surface area contributed by atoms with Gasteiger partial charge in [-0.2, -0.15) is 0 Å². The number of aromatic nitrogens is 1. The van der Waals surface area contributed by atoms with E-state index in [1.807, 2.05) is 11.6 Å². The number of hydrogen-bond donors (Lipinski definition) is 1. The molecule has 0 aliphatic heterocycles. The second kappa shape index (κ2) is 6.07. The van der Waals surface area contributed by atoms with Gasteiger partial charge in [-0.25, -0.2) is 4.98 Å². The van der Waals surface area contributed by atoms with Gasteiger partial charge in [0.05, 0.1) is 13.2 Å². The third-order valence-electron chi connectivity index (χ3n) is 1.80. The molecule has 1 N–H and O–H groups in total. The van der Waals surface area contributed by atoms with E-state index >= 15 is 0 Å². The molecule has 0 aromatic carbocycles. The standard InChI is InChI=1S/C9H16N2OS/c1-2-4-11(5-6-12)8-9-10-3-7-13-9/h3,7,12H,2,4-6,8H2,1H3. The smallest absolute Gasteiger partial charge is 0.107 e. The van der Waals surface area contributed by atoms with E-state index < -0.39 is 0 Å². The zero-order chi connectivity index (χ0) is 9.52. The Bertz CT molecular complexity index is 207. The van der Waals surface area contributed by atoms with Gasteiger partial charge in [-0.15, -0.1) is 11.3 Å². The zero-order valence-corrected chi connectivity index (χ0v) is 8.76. The van der Waals surface area contributed by atoms with Crippen LogP contribution in [-0.4, -0.2) is 34.7 Å². The molecule has 13 heavy (non-hydrogen) atoms. The van der Waals surface area contributed by atoms with E-state index in [1.54, 1.807) is 11.3 Å². The van der Waals surface area contributed by atoms with Crippen LogP contribution in [0.4, 0.5) is 0 Å². The number of nitrogens with zero attached hydrogens (tertiary/aromatic N) is 2. The first-order chi connectivity index (χ1) is 6.36. The second-order valence-corrected chi connectivity index (χ2v) is 3.90. The average Bonchev–Trinajstić information content (AvgIpc) is 2.58. The van der Waals surface area contributed by atoms with E-state index in [-0.39, 0.29) is 6.61 Å². The molecule has 0 unspecified atom stereocenters. The molecule has 0 saturated heterocycles. The quantitative estimate of drug-likeness (QED) is 0.753. The first-order valence-electron chi connectivity index (χ1n) is 4.58. The fraction of sp³-hybridized carbons (Fsp3) is 0.667. The molecule has 0 saturated carbocycles. The Morgan fingerprint density at radius 3 is 2.92 bits per heavy atom. The lowest BCUT2D eigenvalue weighted by Gasteiger charge is -2.18. The summed E-state index contributed by atoms with van der Waals surface area (Å²) in [5, 5.41) is 11.9. The molecule has 74 valence electrons. The minimum atomic E-state index is 0.228. The molecule has 1 aromatic heterocycles. The van der Waals surface area contributed by atoms with Crippen LogP contribution in [0.5, 0.6) is 0 Å². The first kappa shape index (κ1) is 10.6. The van der Waals surface area contributed by atoms with Crippen molar-refractivity contribution in [2.75, 3.05) is 19.7 Å². The summed E-state index contributed by atoms with van der Waals surface area (Å²) in [6, 6.07) is 0. The van der Waals surface area contributed by atoms with Gasteiger partial charge in [0.1, 0.15) is 5.01 Å². The van der Waals surface area contributed by atoms with Crippen molar-refractivity contribution in [3.8, 4) is 0 Å². The predicted molar refractivity (Wildman–Crippen MR) is 54.8 cm³/mol. The van der Waals surface area contributed by atoms with E-state index in [2.05, 4.69) is 16.8 Å². The van der Waals surface area contributed by atoms with Crippen LogP contribution in [0.1, 0.15) is 18.4 Å². The Morgan fingerprint density at radius 1 is 1.54 bits per heavy atom. The molecule has 0 fully saturated rings. The van der Waals surface area contributed by atoms with Crippen molar-refractivity contribution in [1.29, 1.82) is 0 Å². The third-order valence-corrected chi connectivity index (χ3v) is 2.56. The largest absolute Gasteiger partial charge is 0.395 e. The second-order valence-electron chi connectivity index (χ2n) is 2.93. The van der Waals surface area contributed by atoms with E-state index in [4.69, 9.17) is 5.11 Å². The van der Waals surface area contributed by atoms with Crippen molar-refractivity contribution < 1.29 is 5.11 Å². The molecule has 1 heterocycles. The fourth-order valence-electron chi connectivity index (χ4n) is 1.25. The molecule has 0 atom stereocenters. The van der Waals surface area contributed by atoms with Crippen LogP contribution in [-0.2, 0) is 6.54 Å². The maximum absolute atomic E-state index is 8.83. The lowest BCUT2D eigenvalue weighted by atomic mass is 10.4. The van der Waals surface area contributed by atoms with Crippen LogP contribution >= 0.6 is 11.3 Å². The summed E-state index contributed by atoms with van der Waals surface area (Å²) < 4.78 is 0. The topological polar surface area (TPSA) is 36.4 Å². The maximum Gasteiger partial charge on any atom is 0.107 e. The number of aliphatic hydroxyl groups is 1. The van der Waals surface area contributed by atoms with Gasteiger partial charge in [0.2, 0.25) is 0 Å². The van der Waals surface area contributed by atoms with Gasteiger partial charge in [0, 0.05) is 18.1 Å². The Hall–Kier alpha value is -0.450. The highest BCUT2D eigenvalue weighted by Crippen LogP contribution is 2.07. The number of aliphatic hydroxyl groups excluding tert-OH is 1. The summed E-state index contributed by atoms with van der Waals surface area (Å²) >= 11 is 1.67. The van der Waals surface area contributed by atoms with Gasteiger partial charge in [0.25, 0.3) is 0 Å². The lowest BCUT2D eigenvalue weighted by Crippen LogP contribution is -2.27. The van der Waals surface area contributed by atoms with Crippen molar-refractivity contribution in [1.82, 2.24) is 9.88 Å². The van der Waals surface area contributed by atoms with Gasteiger partial charge in [-0.3, -0.25) is 4.90 Å². The van der Waals surface area contributed by atoms with Crippen LogP contribution in [0.3, 0.4) is 0 Å². The Morgan fingerprint density at radius 2 is 2.38 bits per heavy atom. The van der Waals surface area contributed by atoms with Crippen molar-refractivity contribution in [3.63, 3.8) is 0 Å². The molecule has 0 amide bonds. The highest BCUT2D eigenvalue weighted by molar-refractivity contribution is 7.09. The van der Waals surface area contributed by atoms with Gasteiger partial charge in [0.15, 0.2) is 0 Å². The summed E-state index contributed by atoms with van der Waals surface area (Å²) in [4.78, 5) is 6.44. The van der Waals surface area contributed by atoms with Crippen molar-refractivity contribution in [2.45, 2.75) is 19.9 Å². The van der Waals surface area contributed by atoms with Crippen LogP contribution in [0.25, 0.3) is 0 Å². The summed E-state index contributed by atoms with van der Waals surface area (Å²) in [6.45, 7) is 5.01. The van der Waals surface area contributed by atoms with Gasteiger partial charge in [-0.1, -0.05) is 6.92 Å². The first-order valence-corrected chi connectivity index (χ1v) is 5.46. The molecule has 3 nitrogen and oxygen atoms in total. The number of thiazole rings is 1. The fourth-order valence-corrected chi connectivity index (χ4v) is 1.91. The van der Waals surface area contributed by atoms with Crippen LogP contribution < -0.4 is 0 Å². The van der Waals surface area contributed by atoms with Crippen molar-refractivity contribution >= 4 is 11.3 Å². The van der Waals surface area contributed by atoms with Gasteiger partial charge >= 0.3 is 0 Å². The lowest BCUT2D eigenvalue weighted by molar-refractivity contribution is 0.190. The molecule has 1 aromatic rings. The number of hydrogen-bond acceptors (Lipinski definition) is 4. The Kier molecular flexibility index (Phi) is 4.97. The Labute approximate surface area is 83.0 Å². The summed E-state index contributed by atoms with van der Waals surface area (Å²) in [5.41, 5.74) is 0. The highest BCUT2D eigenvalue weighted by Gasteiger charge is 2.05. The predicted octanol–water partition coefficient (Wildman–Crippen LogP) is 1.35. The molecular formula is C9H16N2OS. The summed E-state index contributed by atoms with van der Waals surface area (Å²) in [7, 11) is 0. The van der Waals surface area contributed by atoms with Gasteiger partial charge in [-0.05, 0) is 13.0 Å². The molecule has 4 heteroatoms. The minimum Gasteiger partial charge on any atom is -0.395 e.